The maximum Gasteiger partial charge on any atom is 0.262 e. The summed E-state index contributed by atoms with van der Waals surface area (Å²) < 4.78 is 32.8. The molecule has 1 amide bonds. The summed E-state index contributed by atoms with van der Waals surface area (Å²) in [6.45, 7) is 3.80. The summed E-state index contributed by atoms with van der Waals surface area (Å²) in [6, 6.07) is 20.2. The summed E-state index contributed by atoms with van der Waals surface area (Å²) in [5, 5.41) is 2.77. The first-order chi connectivity index (χ1) is 13.8. The molecule has 0 radical (unpaired) electrons. The molecule has 3 aromatic rings. The Morgan fingerprint density at radius 2 is 1.55 bits per heavy atom. The van der Waals surface area contributed by atoms with Gasteiger partial charge < -0.3 is 10.1 Å². The number of carbonyl (C=O) groups is 1. The van der Waals surface area contributed by atoms with Crippen molar-refractivity contribution < 1.29 is 17.9 Å². The van der Waals surface area contributed by atoms with Crippen LogP contribution < -0.4 is 14.8 Å². The van der Waals surface area contributed by atoms with Crippen LogP contribution in [0.2, 0.25) is 0 Å². The first kappa shape index (κ1) is 20.4. The molecule has 0 spiro atoms. The minimum absolute atomic E-state index is 0.105. The SMILES string of the molecule is Cc1ccc(NC(=O)COc2ccc(S(=O)(=O)Nc3ccccc3)cc2)cc1C. The monoisotopic (exact) mass is 410 g/mol. The second kappa shape index (κ2) is 8.79. The van der Waals surface area contributed by atoms with Crippen molar-refractivity contribution in [3.8, 4) is 5.75 Å². The molecule has 0 aliphatic carbocycles. The fourth-order valence-electron chi connectivity index (χ4n) is 2.60. The highest BCUT2D eigenvalue weighted by Gasteiger charge is 2.14. The molecule has 0 fully saturated rings. The first-order valence-corrected chi connectivity index (χ1v) is 10.5. The van der Waals surface area contributed by atoms with Crippen molar-refractivity contribution in [1.29, 1.82) is 0 Å². The highest BCUT2D eigenvalue weighted by atomic mass is 32.2. The first-order valence-electron chi connectivity index (χ1n) is 9.01. The van der Waals surface area contributed by atoms with Crippen LogP contribution in [0.3, 0.4) is 0 Å². The fraction of sp³-hybridized carbons (Fsp3) is 0.136. The molecule has 0 unspecified atom stereocenters. The predicted molar refractivity (Wildman–Crippen MR) is 114 cm³/mol. The van der Waals surface area contributed by atoms with E-state index in [-0.39, 0.29) is 17.4 Å². The van der Waals surface area contributed by atoms with Crippen LogP contribution in [0, 0.1) is 13.8 Å². The van der Waals surface area contributed by atoms with Gasteiger partial charge in [0.1, 0.15) is 5.75 Å². The molecule has 0 aliphatic rings. The van der Waals surface area contributed by atoms with Crippen LogP contribution in [0.15, 0.2) is 77.7 Å². The lowest BCUT2D eigenvalue weighted by atomic mass is 10.1. The van der Waals surface area contributed by atoms with E-state index in [0.29, 0.717) is 17.1 Å². The van der Waals surface area contributed by atoms with E-state index in [1.54, 1.807) is 30.3 Å². The van der Waals surface area contributed by atoms with Crippen LogP contribution in [0.5, 0.6) is 5.75 Å². The number of aryl methyl sites for hydroxylation is 2. The number of anilines is 2. The minimum Gasteiger partial charge on any atom is -0.484 e. The van der Waals surface area contributed by atoms with Gasteiger partial charge in [-0.25, -0.2) is 8.42 Å². The number of hydrogen-bond acceptors (Lipinski definition) is 4. The Balaban J connectivity index is 1.57. The number of rotatable bonds is 7. The molecular formula is C22H22N2O4S. The van der Waals surface area contributed by atoms with Gasteiger partial charge in [0.05, 0.1) is 4.90 Å². The number of nitrogens with one attached hydrogen (secondary N) is 2. The molecule has 3 aromatic carbocycles. The summed E-state index contributed by atoms with van der Waals surface area (Å²) in [5.41, 5.74) is 3.42. The van der Waals surface area contributed by atoms with Crippen LogP contribution in [-0.2, 0) is 14.8 Å². The molecule has 0 atom stereocenters. The van der Waals surface area contributed by atoms with Crippen LogP contribution in [0.1, 0.15) is 11.1 Å². The number of sulfonamides is 1. The molecule has 29 heavy (non-hydrogen) atoms. The molecule has 0 aromatic heterocycles. The molecule has 2 N–H and O–H groups in total. The third-order valence-corrected chi connectivity index (χ3v) is 5.72. The topological polar surface area (TPSA) is 84.5 Å². The fourth-order valence-corrected chi connectivity index (χ4v) is 3.66. The number of carbonyl (C=O) groups excluding carboxylic acids is 1. The lowest BCUT2D eigenvalue weighted by molar-refractivity contribution is -0.118. The average molecular weight is 410 g/mol. The molecule has 3 rings (SSSR count). The van der Waals surface area contributed by atoms with E-state index in [1.165, 1.54) is 24.3 Å². The maximum absolute atomic E-state index is 12.4. The van der Waals surface area contributed by atoms with Crippen LogP contribution >= 0.6 is 0 Å². The van der Waals surface area contributed by atoms with Crippen molar-refractivity contribution in [3.63, 3.8) is 0 Å². The van der Waals surface area contributed by atoms with Gasteiger partial charge in [-0.05, 0) is 73.5 Å². The average Bonchev–Trinajstić information content (AvgIpc) is 2.70. The zero-order chi connectivity index (χ0) is 20.9. The lowest BCUT2D eigenvalue weighted by Gasteiger charge is -2.10. The Kier molecular flexibility index (Phi) is 6.19. The summed E-state index contributed by atoms with van der Waals surface area (Å²) in [5.74, 6) is 0.106. The number of hydrogen-bond donors (Lipinski definition) is 2. The van der Waals surface area contributed by atoms with Crippen molar-refractivity contribution >= 4 is 27.3 Å². The highest BCUT2D eigenvalue weighted by Crippen LogP contribution is 2.19. The highest BCUT2D eigenvalue weighted by molar-refractivity contribution is 7.92. The third kappa shape index (κ3) is 5.58. The Morgan fingerprint density at radius 1 is 0.862 bits per heavy atom. The van der Waals surface area contributed by atoms with Crippen LogP contribution in [-0.4, -0.2) is 20.9 Å². The lowest BCUT2D eigenvalue weighted by Crippen LogP contribution is -2.20. The van der Waals surface area contributed by atoms with E-state index in [9.17, 15) is 13.2 Å². The summed E-state index contributed by atoms with van der Waals surface area (Å²) in [4.78, 5) is 12.2. The predicted octanol–water partition coefficient (Wildman–Crippen LogP) is 4.12. The van der Waals surface area contributed by atoms with Gasteiger partial charge in [-0.3, -0.25) is 9.52 Å². The van der Waals surface area contributed by atoms with Crippen molar-refractivity contribution in [2.24, 2.45) is 0 Å². The second-order valence-electron chi connectivity index (χ2n) is 6.58. The standard InChI is InChI=1S/C22H22N2O4S/c1-16-8-9-19(14-17(16)2)23-22(25)15-28-20-10-12-21(13-11-20)29(26,27)24-18-6-4-3-5-7-18/h3-14,24H,15H2,1-2H3,(H,23,25). The minimum atomic E-state index is -3.69. The van der Waals surface area contributed by atoms with Gasteiger partial charge in [0.2, 0.25) is 0 Å². The number of benzene rings is 3. The van der Waals surface area contributed by atoms with Gasteiger partial charge in [0.25, 0.3) is 15.9 Å². The van der Waals surface area contributed by atoms with Gasteiger partial charge in [-0.15, -0.1) is 0 Å². The molecule has 6 nitrogen and oxygen atoms in total. The van der Waals surface area contributed by atoms with Gasteiger partial charge in [-0.2, -0.15) is 0 Å². The molecular weight excluding hydrogens is 388 g/mol. The summed E-state index contributed by atoms with van der Waals surface area (Å²) >= 11 is 0. The Hall–Kier alpha value is -3.32. The van der Waals surface area contributed by atoms with E-state index in [1.807, 2.05) is 32.0 Å². The van der Waals surface area contributed by atoms with Crippen molar-refractivity contribution in [3.05, 3.63) is 83.9 Å². The van der Waals surface area contributed by atoms with E-state index in [0.717, 1.165) is 11.1 Å². The number of para-hydroxylation sites is 1. The second-order valence-corrected chi connectivity index (χ2v) is 8.26. The third-order valence-electron chi connectivity index (χ3n) is 4.32. The smallest absolute Gasteiger partial charge is 0.262 e. The van der Waals surface area contributed by atoms with E-state index >= 15 is 0 Å². The zero-order valence-electron chi connectivity index (χ0n) is 16.2. The van der Waals surface area contributed by atoms with Crippen LogP contribution in [0.25, 0.3) is 0 Å². The normalized spacial score (nSPS) is 11.0. The van der Waals surface area contributed by atoms with E-state index in [2.05, 4.69) is 10.0 Å². The van der Waals surface area contributed by atoms with Crippen molar-refractivity contribution in [1.82, 2.24) is 0 Å². The molecule has 150 valence electrons. The molecule has 0 saturated heterocycles. The molecule has 0 aliphatic heterocycles. The van der Waals surface area contributed by atoms with Gasteiger partial charge >= 0.3 is 0 Å². The number of amides is 1. The zero-order valence-corrected chi connectivity index (χ0v) is 17.0. The molecule has 0 heterocycles. The van der Waals surface area contributed by atoms with Gasteiger partial charge in [-0.1, -0.05) is 24.3 Å². The molecule has 0 saturated carbocycles. The Labute approximate surface area is 170 Å². The maximum atomic E-state index is 12.4. The quantitative estimate of drug-likeness (QED) is 0.614. The summed E-state index contributed by atoms with van der Waals surface area (Å²) in [6.07, 6.45) is 0. The van der Waals surface area contributed by atoms with Gasteiger partial charge in [0.15, 0.2) is 6.61 Å². The molecule has 0 bridgehead atoms. The largest absolute Gasteiger partial charge is 0.484 e. The Morgan fingerprint density at radius 3 is 2.21 bits per heavy atom. The molecule has 7 heteroatoms. The van der Waals surface area contributed by atoms with E-state index < -0.39 is 10.0 Å². The van der Waals surface area contributed by atoms with Crippen molar-refractivity contribution in [2.45, 2.75) is 18.7 Å². The van der Waals surface area contributed by atoms with Crippen LogP contribution in [0.4, 0.5) is 11.4 Å². The number of ether oxygens (including phenoxy) is 1. The van der Waals surface area contributed by atoms with E-state index in [4.69, 9.17) is 4.74 Å². The van der Waals surface area contributed by atoms with Crippen molar-refractivity contribution in [2.75, 3.05) is 16.6 Å². The Bertz CT molecular complexity index is 1100. The summed E-state index contributed by atoms with van der Waals surface area (Å²) in [7, 11) is -3.69. The van der Waals surface area contributed by atoms with Gasteiger partial charge in [0, 0.05) is 11.4 Å².